The Balaban J connectivity index is 2.33. The maximum atomic E-state index is 13.0. The maximum absolute atomic E-state index is 13.0. The predicted molar refractivity (Wildman–Crippen MR) is 81.7 cm³/mol. The second-order valence-electron chi connectivity index (χ2n) is 3.39. The topological polar surface area (TPSA) is 49.8 Å². The van der Waals surface area contributed by atoms with Crippen LogP contribution in [0.25, 0.3) is 0 Å². The molecular weight excluding hydrogens is 414 g/mol. The minimum atomic E-state index is -0.261. The maximum Gasteiger partial charge on any atom is 0.224 e. The van der Waals surface area contributed by atoms with E-state index in [1.54, 1.807) is 19.3 Å². The molecule has 0 fully saturated rings. The highest BCUT2D eigenvalue weighted by Crippen LogP contribution is 2.27. The molecule has 0 aliphatic carbocycles. The van der Waals surface area contributed by atoms with Crippen molar-refractivity contribution >= 4 is 56.0 Å². The Hall–Kier alpha value is -0.960. The van der Waals surface area contributed by atoms with Crippen molar-refractivity contribution in [3.8, 4) is 0 Å². The first-order chi connectivity index (χ1) is 8.60. The summed E-state index contributed by atoms with van der Waals surface area (Å²) in [7, 11) is 1.74. The fraction of sp³-hybridized carbons (Fsp3) is 0.0909. The summed E-state index contributed by atoms with van der Waals surface area (Å²) in [6.07, 6.45) is 1.65. The summed E-state index contributed by atoms with van der Waals surface area (Å²) < 4.78 is 14.5. The van der Waals surface area contributed by atoms with E-state index >= 15 is 0 Å². The van der Waals surface area contributed by atoms with E-state index in [1.165, 1.54) is 12.1 Å². The number of anilines is 3. The number of nitrogens with zero attached hydrogens (tertiary/aromatic N) is 2. The van der Waals surface area contributed by atoms with Gasteiger partial charge >= 0.3 is 0 Å². The summed E-state index contributed by atoms with van der Waals surface area (Å²) in [5.41, 5.74) is 0.790. The molecule has 0 saturated heterocycles. The Morgan fingerprint density at radius 3 is 2.83 bits per heavy atom. The van der Waals surface area contributed by atoms with Crippen molar-refractivity contribution in [1.82, 2.24) is 9.97 Å². The van der Waals surface area contributed by atoms with Crippen molar-refractivity contribution in [2.45, 2.75) is 0 Å². The smallest absolute Gasteiger partial charge is 0.224 e. The molecule has 0 bridgehead atoms. The van der Waals surface area contributed by atoms with Crippen LogP contribution >= 0.6 is 38.5 Å². The van der Waals surface area contributed by atoms with E-state index in [0.29, 0.717) is 11.8 Å². The van der Waals surface area contributed by atoms with Crippen LogP contribution in [0.15, 0.2) is 28.9 Å². The van der Waals surface area contributed by atoms with E-state index in [4.69, 9.17) is 0 Å². The summed E-state index contributed by atoms with van der Waals surface area (Å²) in [6, 6.07) is 4.53. The third kappa shape index (κ3) is 3.08. The van der Waals surface area contributed by atoms with Gasteiger partial charge in [-0.3, -0.25) is 0 Å². The molecule has 0 atom stereocenters. The lowest BCUT2D eigenvalue weighted by Crippen LogP contribution is -2.02. The third-order valence-electron chi connectivity index (χ3n) is 2.15. The van der Waals surface area contributed by atoms with E-state index in [1.807, 2.05) is 0 Å². The fourth-order valence-corrected chi connectivity index (χ4v) is 2.20. The summed E-state index contributed by atoms with van der Waals surface area (Å²) in [5, 5.41) is 5.99. The molecule has 1 heterocycles. The molecule has 0 saturated carbocycles. The van der Waals surface area contributed by atoms with E-state index in [9.17, 15) is 4.39 Å². The first kappa shape index (κ1) is 13.5. The average molecular weight is 423 g/mol. The van der Waals surface area contributed by atoms with Gasteiger partial charge in [0.25, 0.3) is 0 Å². The summed E-state index contributed by atoms with van der Waals surface area (Å²) in [4.78, 5) is 8.34. The molecule has 2 aromatic rings. The number of hydrogen-bond acceptors (Lipinski definition) is 4. The molecule has 18 heavy (non-hydrogen) atoms. The van der Waals surface area contributed by atoms with Crippen molar-refractivity contribution in [2.24, 2.45) is 0 Å². The minimum Gasteiger partial charge on any atom is -0.357 e. The Bertz CT molecular complexity index is 579. The van der Waals surface area contributed by atoms with Gasteiger partial charge in [-0.05, 0) is 56.7 Å². The summed E-state index contributed by atoms with van der Waals surface area (Å²) in [6.45, 7) is 0. The van der Waals surface area contributed by atoms with Crippen molar-refractivity contribution in [1.29, 1.82) is 0 Å². The Labute approximate surface area is 126 Å². The molecule has 94 valence electrons. The molecule has 4 nitrogen and oxygen atoms in total. The van der Waals surface area contributed by atoms with Crippen molar-refractivity contribution in [3.63, 3.8) is 0 Å². The van der Waals surface area contributed by atoms with Gasteiger partial charge in [-0.2, -0.15) is 4.98 Å². The van der Waals surface area contributed by atoms with Crippen LogP contribution in [0, 0.1) is 9.39 Å². The molecule has 1 aromatic heterocycles. The van der Waals surface area contributed by atoms with Gasteiger partial charge < -0.3 is 10.6 Å². The molecule has 1 aromatic carbocycles. The molecule has 0 spiro atoms. The van der Waals surface area contributed by atoms with Gasteiger partial charge in [0.2, 0.25) is 5.95 Å². The van der Waals surface area contributed by atoms with E-state index in [-0.39, 0.29) is 5.82 Å². The van der Waals surface area contributed by atoms with Gasteiger partial charge in [0, 0.05) is 16.8 Å². The van der Waals surface area contributed by atoms with Crippen LogP contribution in [0.4, 0.5) is 21.8 Å². The largest absolute Gasteiger partial charge is 0.357 e. The molecule has 0 radical (unpaired) electrons. The first-order valence-corrected chi connectivity index (χ1v) is 6.89. The average Bonchev–Trinajstić information content (AvgIpc) is 2.35. The number of nitrogens with one attached hydrogen (secondary N) is 2. The molecule has 0 amide bonds. The van der Waals surface area contributed by atoms with E-state index in [2.05, 4.69) is 59.1 Å². The predicted octanol–water partition coefficient (Wildman–Crippen LogP) is 3.77. The zero-order valence-corrected chi connectivity index (χ0v) is 13.1. The van der Waals surface area contributed by atoms with Gasteiger partial charge in [0.05, 0.1) is 10.2 Å². The Morgan fingerprint density at radius 1 is 1.39 bits per heavy atom. The third-order valence-corrected chi connectivity index (χ3v) is 3.62. The monoisotopic (exact) mass is 422 g/mol. The van der Waals surface area contributed by atoms with E-state index in [0.717, 1.165) is 13.7 Å². The standard InChI is InChI=1S/C11H9BrFIN4/c1-15-11-16-5-7(12)10(18-11)17-9-3-2-6(13)4-8(9)14/h2-5H,1H3,(H2,15,16,17,18). The second kappa shape index (κ2) is 5.79. The van der Waals surface area contributed by atoms with Gasteiger partial charge in [-0.1, -0.05) is 0 Å². The van der Waals surface area contributed by atoms with Crippen LogP contribution in [0.1, 0.15) is 0 Å². The quantitative estimate of drug-likeness (QED) is 0.739. The number of rotatable bonds is 3. The molecular formula is C11H9BrFIN4. The Kier molecular flexibility index (Phi) is 4.33. The number of hydrogen-bond donors (Lipinski definition) is 2. The SMILES string of the molecule is CNc1ncc(Br)c(Nc2ccc(F)cc2I)n1. The lowest BCUT2D eigenvalue weighted by Gasteiger charge is -2.10. The Morgan fingerprint density at radius 2 is 2.17 bits per heavy atom. The molecule has 2 rings (SSSR count). The van der Waals surface area contributed by atoms with Crippen LogP contribution in [0.3, 0.4) is 0 Å². The van der Waals surface area contributed by atoms with Crippen molar-refractivity contribution in [3.05, 3.63) is 38.3 Å². The van der Waals surface area contributed by atoms with Gasteiger partial charge in [0.1, 0.15) is 11.6 Å². The van der Waals surface area contributed by atoms with Crippen LogP contribution in [0.5, 0.6) is 0 Å². The van der Waals surface area contributed by atoms with Gasteiger partial charge in [-0.15, -0.1) is 0 Å². The van der Waals surface area contributed by atoms with E-state index < -0.39 is 0 Å². The highest BCUT2D eigenvalue weighted by atomic mass is 127. The van der Waals surface area contributed by atoms with Gasteiger partial charge in [0.15, 0.2) is 0 Å². The fourth-order valence-electron chi connectivity index (χ4n) is 1.29. The number of aromatic nitrogens is 2. The minimum absolute atomic E-state index is 0.261. The van der Waals surface area contributed by atoms with Crippen molar-refractivity contribution < 1.29 is 4.39 Å². The van der Waals surface area contributed by atoms with Crippen LogP contribution in [-0.4, -0.2) is 17.0 Å². The lowest BCUT2D eigenvalue weighted by molar-refractivity contribution is 0.627. The number of benzene rings is 1. The second-order valence-corrected chi connectivity index (χ2v) is 5.41. The highest BCUT2D eigenvalue weighted by molar-refractivity contribution is 14.1. The highest BCUT2D eigenvalue weighted by Gasteiger charge is 2.07. The summed E-state index contributed by atoms with van der Waals surface area (Å²) >= 11 is 5.43. The summed E-state index contributed by atoms with van der Waals surface area (Å²) in [5.74, 6) is 0.874. The zero-order chi connectivity index (χ0) is 13.1. The van der Waals surface area contributed by atoms with Crippen molar-refractivity contribution in [2.75, 3.05) is 17.7 Å². The molecule has 2 N–H and O–H groups in total. The molecule has 0 unspecified atom stereocenters. The van der Waals surface area contributed by atoms with Crippen LogP contribution < -0.4 is 10.6 Å². The lowest BCUT2D eigenvalue weighted by atomic mass is 10.3. The molecule has 0 aliphatic rings. The normalized spacial score (nSPS) is 10.2. The van der Waals surface area contributed by atoms with Crippen LogP contribution in [0.2, 0.25) is 0 Å². The number of halogens is 3. The van der Waals surface area contributed by atoms with Gasteiger partial charge in [-0.25, -0.2) is 9.37 Å². The zero-order valence-electron chi connectivity index (χ0n) is 9.34. The molecule has 0 aliphatic heterocycles. The first-order valence-electron chi connectivity index (χ1n) is 5.02. The molecule has 7 heteroatoms. The van der Waals surface area contributed by atoms with Crippen LogP contribution in [-0.2, 0) is 0 Å².